The van der Waals surface area contributed by atoms with E-state index >= 15 is 0 Å². The summed E-state index contributed by atoms with van der Waals surface area (Å²) in [6.45, 7) is 3.69. The summed E-state index contributed by atoms with van der Waals surface area (Å²) < 4.78 is 8.09. The van der Waals surface area contributed by atoms with E-state index in [-0.39, 0.29) is 0 Å². The summed E-state index contributed by atoms with van der Waals surface area (Å²) in [5.41, 5.74) is 0. The van der Waals surface area contributed by atoms with Gasteiger partial charge in [0.25, 0.3) is 0 Å². The van der Waals surface area contributed by atoms with Crippen LogP contribution in [0.5, 0.6) is 0 Å². The highest BCUT2D eigenvalue weighted by molar-refractivity contribution is 14.1. The summed E-state index contributed by atoms with van der Waals surface area (Å²) >= 11 is 2.26. The maximum Gasteiger partial charge on any atom is 0.0623 e. The van der Waals surface area contributed by atoms with Gasteiger partial charge in [0.15, 0.2) is 0 Å². The first-order valence-electron chi connectivity index (χ1n) is 4.70. The Morgan fingerprint density at radius 3 is 3.07 bits per heavy atom. The molecule has 4 nitrogen and oxygen atoms in total. The van der Waals surface area contributed by atoms with Gasteiger partial charge in [-0.1, -0.05) is 0 Å². The Hall–Kier alpha value is -0.140. The van der Waals surface area contributed by atoms with Crippen molar-refractivity contribution < 1.29 is 4.74 Å². The quantitative estimate of drug-likeness (QED) is 0.606. The first-order chi connectivity index (χ1) is 6.83. The fourth-order valence-corrected chi connectivity index (χ4v) is 1.57. The average Bonchev–Trinajstić information content (AvgIpc) is 2.58. The van der Waals surface area contributed by atoms with E-state index in [0.717, 1.165) is 32.7 Å². The molecule has 0 unspecified atom stereocenters. The van der Waals surface area contributed by atoms with E-state index in [1.54, 1.807) is 7.11 Å². The molecule has 0 saturated heterocycles. The standard InChI is InChI=1S/C9H16IN3O/c1-14-6-4-11-3-2-5-13-8-9(10)7-12-13/h7-8,11H,2-6H2,1H3. The number of hydrogen-bond donors (Lipinski definition) is 1. The molecule has 1 aromatic rings. The molecule has 0 radical (unpaired) electrons. The van der Waals surface area contributed by atoms with Crippen molar-refractivity contribution in [2.75, 3.05) is 26.8 Å². The molecule has 0 bridgehead atoms. The average molecular weight is 309 g/mol. The Bertz CT molecular complexity index is 252. The molecule has 1 aromatic heterocycles. The lowest BCUT2D eigenvalue weighted by Gasteiger charge is -2.03. The van der Waals surface area contributed by atoms with Gasteiger partial charge in [0.1, 0.15) is 0 Å². The summed E-state index contributed by atoms with van der Waals surface area (Å²) in [7, 11) is 1.72. The molecule has 1 rings (SSSR count). The van der Waals surface area contributed by atoms with Gasteiger partial charge in [0.2, 0.25) is 0 Å². The molecular weight excluding hydrogens is 293 g/mol. The molecular formula is C9H16IN3O. The maximum absolute atomic E-state index is 4.93. The van der Waals surface area contributed by atoms with E-state index in [2.05, 4.69) is 39.2 Å². The zero-order valence-corrected chi connectivity index (χ0v) is 10.5. The normalized spacial score (nSPS) is 10.7. The molecule has 0 aliphatic carbocycles. The SMILES string of the molecule is COCCNCCCn1cc(I)cn1. The minimum Gasteiger partial charge on any atom is -0.383 e. The van der Waals surface area contributed by atoms with Crippen LogP contribution in [0, 0.1) is 3.57 Å². The van der Waals surface area contributed by atoms with Crippen LogP contribution in [0.2, 0.25) is 0 Å². The third kappa shape index (κ3) is 4.92. The predicted molar refractivity (Wildman–Crippen MR) is 64.3 cm³/mol. The number of ether oxygens (including phenoxy) is 1. The Balaban J connectivity index is 1.99. The monoisotopic (exact) mass is 309 g/mol. The van der Waals surface area contributed by atoms with Gasteiger partial charge in [-0.05, 0) is 35.6 Å². The van der Waals surface area contributed by atoms with Crippen LogP contribution in [0.4, 0.5) is 0 Å². The topological polar surface area (TPSA) is 39.1 Å². The highest BCUT2D eigenvalue weighted by atomic mass is 127. The van der Waals surface area contributed by atoms with Gasteiger partial charge in [-0.3, -0.25) is 4.68 Å². The van der Waals surface area contributed by atoms with Crippen LogP contribution in [0.25, 0.3) is 0 Å². The molecule has 14 heavy (non-hydrogen) atoms. The maximum atomic E-state index is 4.93. The first-order valence-corrected chi connectivity index (χ1v) is 5.78. The van der Waals surface area contributed by atoms with E-state index in [4.69, 9.17) is 4.74 Å². The fourth-order valence-electron chi connectivity index (χ4n) is 1.13. The molecule has 0 aromatic carbocycles. The molecule has 0 fully saturated rings. The largest absolute Gasteiger partial charge is 0.383 e. The van der Waals surface area contributed by atoms with Gasteiger partial charge in [-0.25, -0.2) is 0 Å². The molecule has 80 valence electrons. The fraction of sp³-hybridized carbons (Fsp3) is 0.667. The predicted octanol–water partition coefficient (Wildman–Crippen LogP) is 1.11. The Kier molecular flexibility index (Phi) is 6.13. The number of rotatable bonds is 7. The Morgan fingerprint density at radius 2 is 2.43 bits per heavy atom. The lowest BCUT2D eigenvalue weighted by Crippen LogP contribution is -2.21. The molecule has 0 saturated carbocycles. The Morgan fingerprint density at radius 1 is 1.57 bits per heavy atom. The van der Waals surface area contributed by atoms with E-state index in [0.29, 0.717) is 0 Å². The van der Waals surface area contributed by atoms with Gasteiger partial charge in [-0.2, -0.15) is 5.10 Å². The smallest absolute Gasteiger partial charge is 0.0623 e. The van der Waals surface area contributed by atoms with Crippen LogP contribution < -0.4 is 5.32 Å². The highest BCUT2D eigenvalue weighted by Crippen LogP contribution is 2.01. The van der Waals surface area contributed by atoms with Crippen LogP contribution in [-0.2, 0) is 11.3 Å². The second kappa shape index (κ2) is 7.19. The summed E-state index contributed by atoms with van der Waals surface area (Å²) in [5, 5.41) is 7.50. The van der Waals surface area contributed by atoms with Crippen molar-refractivity contribution in [3.63, 3.8) is 0 Å². The minimum absolute atomic E-state index is 0.777. The zero-order valence-electron chi connectivity index (χ0n) is 8.37. The second-order valence-electron chi connectivity index (χ2n) is 3.02. The Labute approximate surface area is 98.2 Å². The third-order valence-electron chi connectivity index (χ3n) is 1.83. The van der Waals surface area contributed by atoms with Crippen molar-refractivity contribution in [3.8, 4) is 0 Å². The van der Waals surface area contributed by atoms with Crippen molar-refractivity contribution in [3.05, 3.63) is 16.0 Å². The van der Waals surface area contributed by atoms with Crippen LogP contribution in [0.1, 0.15) is 6.42 Å². The summed E-state index contributed by atoms with van der Waals surface area (Å²) in [5.74, 6) is 0. The van der Waals surface area contributed by atoms with Gasteiger partial charge in [-0.15, -0.1) is 0 Å². The molecule has 0 atom stereocenters. The number of nitrogens with zero attached hydrogens (tertiary/aromatic N) is 2. The summed E-state index contributed by atoms with van der Waals surface area (Å²) in [6.07, 6.45) is 5.02. The summed E-state index contributed by atoms with van der Waals surface area (Å²) in [4.78, 5) is 0. The molecule has 5 heteroatoms. The van der Waals surface area contributed by atoms with Gasteiger partial charge in [0, 0.05) is 26.4 Å². The van der Waals surface area contributed by atoms with Crippen LogP contribution in [0.15, 0.2) is 12.4 Å². The molecule has 0 aliphatic heterocycles. The van der Waals surface area contributed by atoms with Crippen molar-refractivity contribution in [1.29, 1.82) is 0 Å². The van der Waals surface area contributed by atoms with E-state index in [1.165, 1.54) is 3.57 Å². The first kappa shape index (κ1) is 11.9. The van der Waals surface area contributed by atoms with Crippen molar-refractivity contribution in [2.24, 2.45) is 0 Å². The molecule has 0 aliphatic rings. The molecule has 1 heterocycles. The van der Waals surface area contributed by atoms with Gasteiger partial charge in [0.05, 0.1) is 16.4 Å². The summed E-state index contributed by atoms with van der Waals surface area (Å²) in [6, 6.07) is 0. The molecule has 0 spiro atoms. The number of aryl methyl sites for hydroxylation is 1. The van der Waals surface area contributed by atoms with E-state index in [1.807, 2.05) is 10.9 Å². The van der Waals surface area contributed by atoms with Gasteiger partial charge < -0.3 is 10.1 Å². The van der Waals surface area contributed by atoms with Crippen molar-refractivity contribution >= 4 is 22.6 Å². The van der Waals surface area contributed by atoms with Crippen molar-refractivity contribution in [2.45, 2.75) is 13.0 Å². The number of nitrogens with one attached hydrogen (secondary N) is 1. The van der Waals surface area contributed by atoms with Crippen LogP contribution in [-0.4, -0.2) is 36.6 Å². The second-order valence-corrected chi connectivity index (χ2v) is 4.26. The number of methoxy groups -OCH3 is 1. The highest BCUT2D eigenvalue weighted by Gasteiger charge is 1.94. The number of halogens is 1. The van der Waals surface area contributed by atoms with Crippen LogP contribution >= 0.6 is 22.6 Å². The number of aromatic nitrogens is 2. The van der Waals surface area contributed by atoms with Gasteiger partial charge >= 0.3 is 0 Å². The minimum atomic E-state index is 0.777. The number of hydrogen-bond acceptors (Lipinski definition) is 3. The lowest BCUT2D eigenvalue weighted by atomic mass is 10.4. The molecule has 0 amide bonds. The zero-order chi connectivity index (χ0) is 10.2. The lowest BCUT2D eigenvalue weighted by molar-refractivity contribution is 0.199. The third-order valence-corrected chi connectivity index (χ3v) is 2.38. The molecule has 1 N–H and O–H groups in total. The van der Waals surface area contributed by atoms with Crippen molar-refractivity contribution in [1.82, 2.24) is 15.1 Å². The van der Waals surface area contributed by atoms with Crippen LogP contribution in [0.3, 0.4) is 0 Å². The van der Waals surface area contributed by atoms with E-state index in [9.17, 15) is 0 Å². The van der Waals surface area contributed by atoms with E-state index < -0.39 is 0 Å².